The fourth-order valence-corrected chi connectivity index (χ4v) is 6.18. The number of nitro benzene ring substituents is 1. The molecular formula is C24H18Br2F3N3O6S. The Bertz CT molecular complexity index is 1370. The van der Waals surface area contributed by atoms with E-state index in [1.54, 1.807) is 4.90 Å². The predicted molar refractivity (Wildman–Crippen MR) is 143 cm³/mol. The second-order valence-corrected chi connectivity index (χ2v) is 11.3. The van der Waals surface area contributed by atoms with Crippen molar-refractivity contribution >= 4 is 72.4 Å². The van der Waals surface area contributed by atoms with Crippen LogP contribution in [-0.2, 0) is 15.8 Å². The fraction of sp³-hybridized carbons (Fsp3) is 0.292. The van der Waals surface area contributed by atoms with Crippen LogP contribution in [0.2, 0.25) is 0 Å². The van der Waals surface area contributed by atoms with Gasteiger partial charge >= 0.3 is 11.9 Å². The summed E-state index contributed by atoms with van der Waals surface area (Å²) in [6.07, 6.45) is -0.542. The van der Waals surface area contributed by atoms with Crippen molar-refractivity contribution in [2.75, 3.05) is 19.6 Å². The molecule has 2 heterocycles. The number of nitrogens with zero attached hydrogens (tertiary/aromatic N) is 3. The SMILES string of the molecule is O=C(CN1C(=O)S/C(=C\c2cc(Br)c(Oc3ccc(C(F)(F)F)cc3[N+](=O)[O-])c(Br)c2)C1=O)N1CCCCC1. The molecule has 0 aliphatic carbocycles. The van der Waals surface area contributed by atoms with Crippen molar-refractivity contribution in [3.05, 3.63) is 65.4 Å². The maximum Gasteiger partial charge on any atom is 0.416 e. The Balaban J connectivity index is 1.54. The number of carbonyl (C=O) groups excluding carboxylic acids is 3. The maximum atomic E-state index is 13.0. The number of likely N-dealkylation sites (tertiary alicyclic amines) is 1. The Morgan fingerprint density at radius 2 is 1.74 bits per heavy atom. The van der Waals surface area contributed by atoms with Crippen molar-refractivity contribution in [1.82, 2.24) is 9.80 Å². The lowest BCUT2D eigenvalue weighted by Crippen LogP contribution is -2.44. The van der Waals surface area contributed by atoms with Gasteiger partial charge in [0, 0.05) is 19.2 Å². The molecule has 0 aromatic heterocycles. The van der Waals surface area contributed by atoms with Crippen molar-refractivity contribution in [3.63, 3.8) is 0 Å². The lowest BCUT2D eigenvalue weighted by molar-refractivity contribution is -0.385. The maximum absolute atomic E-state index is 13.0. The minimum atomic E-state index is -4.77. The van der Waals surface area contributed by atoms with Gasteiger partial charge in [-0.15, -0.1) is 0 Å². The van der Waals surface area contributed by atoms with Crippen LogP contribution in [-0.4, -0.2) is 51.4 Å². The Kier molecular flexibility index (Phi) is 8.71. The molecule has 0 atom stereocenters. The summed E-state index contributed by atoms with van der Waals surface area (Å²) in [6.45, 7) is 0.849. The Morgan fingerprint density at radius 3 is 2.33 bits per heavy atom. The zero-order valence-electron chi connectivity index (χ0n) is 19.8. The highest BCUT2D eigenvalue weighted by molar-refractivity contribution is 9.11. The second-order valence-electron chi connectivity index (χ2n) is 8.56. The number of piperidine rings is 1. The topological polar surface area (TPSA) is 110 Å². The Hall–Kier alpha value is -2.91. The molecule has 0 saturated carbocycles. The van der Waals surface area contributed by atoms with E-state index in [4.69, 9.17) is 4.74 Å². The average molecular weight is 693 g/mol. The van der Waals surface area contributed by atoms with E-state index in [2.05, 4.69) is 31.9 Å². The number of carbonyl (C=O) groups is 3. The molecule has 2 saturated heterocycles. The van der Waals surface area contributed by atoms with Gasteiger partial charge in [-0.05, 0) is 98.8 Å². The summed E-state index contributed by atoms with van der Waals surface area (Å²) in [5, 5.41) is 10.8. The van der Waals surface area contributed by atoms with Crippen LogP contribution in [0.3, 0.4) is 0 Å². The molecule has 15 heteroatoms. The highest BCUT2D eigenvalue weighted by atomic mass is 79.9. The normalized spacial score (nSPS) is 17.2. The molecule has 2 aliphatic rings. The monoisotopic (exact) mass is 691 g/mol. The van der Waals surface area contributed by atoms with E-state index < -0.39 is 39.2 Å². The van der Waals surface area contributed by atoms with E-state index in [0.717, 1.165) is 30.2 Å². The van der Waals surface area contributed by atoms with Crippen LogP contribution in [0, 0.1) is 10.1 Å². The number of hydrogen-bond donors (Lipinski definition) is 0. The standard InChI is InChI=1S/C24H18Br2F3N3O6S/c25-15-8-13(10-19-22(34)31(23(35)39-19)12-20(33)30-6-2-1-3-7-30)9-16(26)21(15)38-18-5-4-14(24(27,28)29)11-17(18)32(36)37/h4-5,8-11H,1-3,6-7,12H2/b19-10-. The summed E-state index contributed by atoms with van der Waals surface area (Å²) in [6, 6.07) is 4.92. The number of thioether (sulfide) groups is 1. The third-order valence-electron chi connectivity index (χ3n) is 5.89. The minimum absolute atomic E-state index is 0.0373. The molecular weight excluding hydrogens is 675 g/mol. The number of amides is 3. The smallest absolute Gasteiger partial charge is 0.416 e. The quantitative estimate of drug-likeness (QED) is 0.183. The first-order chi connectivity index (χ1) is 18.3. The number of benzene rings is 2. The molecule has 0 radical (unpaired) electrons. The largest absolute Gasteiger partial charge is 0.448 e. The van der Waals surface area contributed by atoms with Gasteiger partial charge in [0.2, 0.25) is 11.7 Å². The van der Waals surface area contributed by atoms with Crippen molar-refractivity contribution in [3.8, 4) is 11.5 Å². The summed E-state index contributed by atoms with van der Waals surface area (Å²) in [5.41, 5.74) is -1.63. The first-order valence-electron chi connectivity index (χ1n) is 11.4. The zero-order valence-corrected chi connectivity index (χ0v) is 23.8. The van der Waals surface area contributed by atoms with Gasteiger partial charge in [0.1, 0.15) is 6.54 Å². The van der Waals surface area contributed by atoms with E-state index in [0.29, 0.717) is 42.5 Å². The van der Waals surface area contributed by atoms with Gasteiger partial charge in [-0.25, -0.2) is 0 Å². The highest BCUT2D eigenvalue weighted by Gasteiger charge is 2.37. The molecule has 0 spiro atoms. The van der Waals surface area contributed by atoms with Crippen LogP contribution >= 0.6 is 43.6 Å². The molecule has 2 aromatic carbocycles. The average Bonchev–Trinajstić information content (AvgIpc) is 3.13. The van der Waals surface area contributed by atoms with Crippen molar-refractivity contribution in [2.24, 2.45) is 0 Å². The third kappa shape index (κ3) is 6.64. The zero-order chi connectivity index (χ0) is 28.5. The number of imide groups is 1. The van der Waals surface area contributed by atoms with E-state index in [1.807, 2.05) is 0 Å². The molecule has 4 rings (SSSR count). The van der Waals surface area contributed by atoms with E-state index >= 15 is 0 Å². The summed E-state index contributed by atoms with van der Waals surface area (Å²) < 4.78 is 45.1. The molecule has 2 fully saturated rings. The van der Waals surface area contributed by atoms with Gasteiger partial charge in [-0.1, -0.05) is 0 Å². The highest BCUT2D eigenvalue weighted by Crippen LogP contribution is 2.43. The summed E-state index contributed by atoms with van der Waals surface area (Å²) in [5.74, 6) is -1.28. The van der Waals surface area contributed by atoms with Gasteiger partial charge in [-0.3, -0.25) is 29.4 Å². The van der Waals surface area contributed by atoms with Crippen molar-refractivity contribution in [1.29, 1.82) is 0 Å². The van der Waals surface area contributed by atoms with Crippen LogP contribution in [0.4, 0.5) is 23.7 Å². The van der Waals surface area contributed by atoms with Crippen LogP contribution in [0.25, 0.3) is 6.08 Å². The first-order valence-corrected chi connectivity index (χ1v) is 13.8. The van der Waals surface area contributed by atoms with Gasteiger partial charge in [0.05, 0.1) is 24.3 Å². The molecule has 2 aromatic rings. The van der Waals surface area contributed by atoms with Gasteiger partial charge < -0.3 is 9.64 Å². The summed E-state index contributed by atoms with van der Waals surface area (Å²) in [7, 11) is 0. The minimum Gasteiger partial charge on any atom is -0.448 e. The second kappa shape index (κ2) is 11.7. The van der Waals surface area contributed by atoms with Crippen LogP contribution in [0.15, 0.2) is 44.2 Å². The molecule has 0 unspecified atom stereocenters. The van der Waals surface area contributed by atoms with Gasteiger partial charge in [0.25, 0.3) is 11.1 Å². The molecule has 206 valence electrons. The number of nitro groups is 1. The van der Waals surface area contributed by atoms with Crippen molar-refractivity contribution < 1.29 is 37.2 Å². The Morgan fingerprint density at radius 1 is 1.10 bits per heavy atom. The fourth-order valence-electron chi connectivity index (χ4n) is 3.96. The molecule has 3 amide bonds. The predicted octanol–water partition coefficient (Wildman–Crippen LogP) is 6.98. The van der Waals surface area contributed by atoms with E-state index in [9.17, 15) is 37.7 Å². The molecule has 2 aliphatic heterocycles. The lowest BCUT2D eigenvalue weighted by Gasteiger charge is -2.27. The number of rotatable bonds is 6. The summed E-state index contributed by atoms with van der Waals surface area (Å²) in [4.78, 5) is 50.9. The van der Waals surface area contributed by atoms with Gasteiger partial charge in [0.15, 0.2) is 5.75 Å². The first kappa shape index (κ1) is 29.1. The lowest BCUT2D eigenvalue weighted by atomic mass is 10.1. The Labute approximate surface area is 240 Å². The van der Waals surface area contributed by atoms with Crippen LogP contribution in [0.5, 0.6) is 11.5 Å². The van der Waals surface area contributed by atoms with Crippen LogP contribution in [0.1, 0.15) is 30.4 Å². The third-order valence-corrected chi connectivity index (χ3v) is 7.97. The summed E-state index contributed by atoms with van der Waals surface area (Å²) >= 11 is 7.24. The number of ether oxygens (including phenoxy) is 1. The number of hydrogen-bond acceptors (Lipinski definition) is 7. The molecule has 0 bridgehead atoms. The van der Waals surface area contributed by atoms with E-state index in [1.165, 1.54) is 18.2 Å². The molecule has 9 nitrogen and oxygen atoms in total. The molecule has 39 heavy (non-hydrogen) atoms. The molecule has 0 N–H and O–H groups in total. The van der Waals surface area contributed by atoms with E-state index in [-0.39, 0.29) is 32.1 Å². The van der Waals surface area contributed by atoms with Gasteiger partial charge in [-0.2, -0.15) is 13.2 Å². The van der Waals surface area contributed by atoms with Crippen molar-refractivity contribution in [2.45, 2.75) is 25.4 Å². The van der Waals surface area contributed by atoms with Crippen LogP contribution < -0.4 is 4.74 Å². The number of alkyl halides is 3. The number of halogens is 5.